The highest BCUT2D eigenvalue weighted by Crippen LogP contribution is 2.21. The van der Waals surface area contributed by atoms with Gasteiger partial charge < -0.3 is 15.9 Å². The van der Waals surface area contributed by atoms with Crippen LogP contribution in [0.3, 0.4) is 0 Å². The van der Waals surface area contributed by atoms with Crippen molar-refractivity contribution in [2.75, 3.05) is 16.9 Å². The molecule has 0 saturated heterocycles. The van der Waals surface area contributed by atoms with E-state index in [2.05, 4.69) is 15.5 Å². The summed E-state index contributed by atoms with van der Waals surface area (Å²) in [5, 5.41) is 11.9. The van der Waals surface area contributed by atoms with Crippen LogP contribution in [0.25, 0.3) is 0 Å². The lowest BCUT2D eigenvalue weighted by molar-refractivity contribution is -0.113. The number of halogens is 1. The van der Waals surface area contributed by atoms with E-state index in [9.17, 15) is 4.79 Å². The molecule has 7 nitrogen and oxygen atoms in total. The highest BCUT2D eigenvalue weighted by atomic mass is 35.5. The summed E-state index contributed by atoms with van der Waals surface area (Å²) in [4.78, 5) is 12.1. The van der Waals surface area contributed by atoms with Crippen molar-refractivity contribution in [1.29, 1.82) is 0 Å². The average Bonchev–Trinajstić information content (AvgIpc) is 3.01. The lowest BCUT2D eigenvalue weighted by atomic mass is 10.1. The number of aryl methyl sites for hydroxylation is 2. The number of nitrogens with one attached hydrogen (secondary N) is 1. The van der Waals surface area contributed by atoms with E-state index in [4.69, 9.17) is 22.2 Å². The molecule has 0 spiro atoms. The molecule has 1 aromatic heterocycles. The first-order valence-electron chi connectivity index (χ1n) is 8.50. The first-order valence-corrected chi connectivity index (χ1v) is 9.86. The van der Waals surface area contributed by atoms with Gasteiger partial charge in [0.2, 0.25) is 11.1 Å². The van der Waals surface area contributed by atoms with Crippen LogP contribution in [-0.4, -0.2) is 26.5 Å². The lowest BCUT2D eigenvalue weighted by Gasteiger charge is -2.09. The monoisotopic (exact) mass is 417 g/mol. The van der Waals surface area contributed by atoms with Crippen LogP contribution in [-0.2, 0) is 11.4 Å². The molecule has 0 unspecified atom stereocenters. The van der Waals surface area contributed by atoms with Gasteiger partial charge in [0.15, 0.2) is 5.82 Å². The molecule has 0 aliphatic rings. The van der Waals surface area contributed by atoms with Crippen LogP contribution < -0.4 is 15.9 Å². The van der Waals surface area contributed by atoms with Crippen molar-refractivity contribution in [3.05, 3.63) is 64.4 Å². The number of nitrogens with two attached hydrogens (primary N) is 1. The first kappa shape index (κ1) is 20.0. The summed E-state index contributed by atoms with van der Waals surface area (Å²) < 4.78 is 7.12. The zero-order valence-corrected chi connectivity index (χ0v) is 17.0. The van der Waals surface area contributed by atoms with Crippen molar-refractivity contribution in [1.82, 2.24) is 14.9 Å². The van der Waals surface area contributed by atoms with Gasteiger partial charge in [0.25, 0.3) is 0 Å². The van der Waals surface area contributed by atoms with Crippen LogP contribution in [0.15, 0.2) is 47.6 Å². The molecule has 1 amide bonds. The number of rotatable bonds is 7. The number of carbonyl (C=O) groups is 1. The summed E-state index contributed by atoms with van der Waals surface area (Å²) >= 11 is 7.03. The number of nitrogens with zero attached hydrogens (tertiary/aromatic N) is 3. The Morgan fingerprint density at radius 2 is 1.96 bits per heavy atom. The summed E-state index contributed by atoms with van der Waals surface area (Å²) in [6, 6.07) is 12.8. The Kier molecular flexibility index (Phi) is 6.43. The number of anilines is 1. The zero-order valence-electron chi connectivity index (χ0n) is 15.5. The molecule has 0 atom stereocenters. The second kappa shape index (κ2) is 8.99. The number of nitrogen functional groups attached to an aromatic ring is 1. The number of ether oxygens (including phenoxy) is 1. The standard InChI is InChI=1S/C19H20ClN5O2S/c1-12-3-8-16(13(2)9-12)27-10-17-23-24-19(25(17)21)28-11-18(26)22-15-6-4-14(20)5-7-15/h3-9H,10-11,21H2,1-2H3,(H,22,26). The minimum absolute atomic E-state index is 0.149. The van der Waals surface area contributed by atoms with Crippen molar-refractivity contribution in [3.8, 4) is 5.75 Å². The van der Waals surface area contributed by atoms with Crippen LogP contribution in [0.2, 0.25) is 5.02 Å². The SMILES string of the molecule is Cc1ccc(OCc2nnc(SCC(=O)Nc3ccc(Cl)cc3)n2N)c(C)c1. The van der Waals surface area contributed by atoms with E-state index in [-0.39, 0.29) is 18.3 Å². The summed E-state index contributed by atoms with van der Waals surface area (Å²) in [5.41, 5.74) is 2.88. The van der Waals surface area contributed by atoms with Gasteiger partial charge >= 0.3 is 0 Å². The Morgan fingerprint density at radius 3 is 2.68 bits per heavy atom. The van der Waals surface area contributed by atoms with Gasteiger partial charge in [-0.25, -0.2) is 4.68 Å². The molecule has 3 N–H and O–H groups in total. The van der Waals surface area contributed by atoms with Crippen LogP contribution in [0, 0.1) is 13.8 Å². The van der Waals surface area contributed by atoms with E-state index >= 15 is 0 Å². The molecule has 0 saturated carbocycles. The van der Waals surface area contributed by atoms with Crippen molar-refractivity contribution in [2.24, 2.45) is 0 Å². The quantitative estimate of drug-likeness (QED) is 0.450. The van der Waals surface area contributed by atoms with Crippen LogP contribution in [0.4, 0.5) is 5.69 Å². The highest BCUT2D eigenvalue weighted by molar-refractivity contribution is 7.99. The van der Waals surface area contributed by atoms with Gasteiger partial charge in [-0.2, -0.15) is 0 Å². The first-order chi connectivity index (χ1) is 13.4. The fourth-order valence-electron chi connectivity index (χ4n) is 2.47. The van der Waals surface area contributed by atoms with Gasteiger partial charge in [-0.3, -0.25) is 4.79 Å². The number of hydrogen-bond donors (Lipinski definition) is 2. The maximum absolute atomic E-state index is 12.1. The molecule has 0 aliphatic carbocycles. The number of aromatic nitrogens is 3. The van der Waals surface area contributed by atoms with Gasteiger partial charge in [0.05, 0.1) is 5.75 Å². The van der Waals surface area contributed by atoms with E-state index in [1.165, 1.54) is 22.0 Å². The van der Waals surface area contributed by atoms with E-state index in [0.717, 1.165) is 11.3 Å². The molecule has 0 fully saturated rings. The van der Waals surface area contributed by atoms with Crippen LogP contribution >= 0.6 is 23.4 Å². The molecule has 1 heterocycles. The number of carbonyl (C=O) groups excluding carboxylic acids is 1. The predicted molar refractivity (Wildman–Crippen MR) is 111 cm³/mol. The molecule has 146 valence electrons. The number of amides is 1. The molecule has 3 rings (SSSR count). The summed E-state index contributed by atoms with van der Waals surface area (Å²) in [6.07, 6.45) is 0. The van der Waals surface area contributed by atoms with Crippen LogP contribution in [0.5, 0.6) is 5.75 Å². The van der Waals surface area contributed by atoms with Crippen LogP contribution in [0.1, 0.15) is 17.0 Å². The van der Waals surface area contributed by atoms with Gasteiger partial charge in [-0.05, 0) is 49.7 Å². The smallest absolute Gasteiger partial charge is 0.234 e. The second-order valence-electron chi connectivity index (χ2n) is 6.17. The van der Waals surface area contributed by atoms with E-state index < -0.39 is 0 Å². The van der Waals surface area contributed by atoms with Crippen molar-refractivity contribution >= 4 is 35.0 Å². The molecule has 0 aliphatic heterocycles. The molecular formula is C19H20ClN5O2S. The Labute approximate surface area is 172 Å². The average molecular weight is 418 g/mol. The summed E-state index contributed by atoms with van der Waals surface area (Å²) in [7, 11) is 0. The topological polar surface area (TPSA) is 95.1 Å². The molecular weight excluding hydrogens is 398 g/mol. The minimum atomic E-state index is -0.177. The van der Waals surface area contributed by atoms with Gasteiger partial charge in [0.1, 0.15) is 12.4 Å². The third-order valence-corrected chi connectivity index (χ3v) is 5.08. The molecule has 2 aromatic carbocycles. The Morgan fingerprint density at radius 1 is 1.21 bits per heavy atom. The van der Waals surface area contributed by atoms with Gasteiger partial charge in [-0.1, -0.05) is 41.1 Å². The normalized spacial score (nSPS) is 10.7. The molecule has 9 heteroatoms. The zero-order chi connectivity index (χ0) is 20.1. The van der Waals surface area contributed by atoms with E-state index in [1.54, 1.807) is 24.3 Å². The van der Waals surface area contributed by atoms with E-state index in [0.29, 0.717) is 21.7 Å². The Balaban J connectivity index is 1.54. The second-order valence-corrected chi connectivity index (χ2v) is 7.55. The molecule has 28 heavy (non-hydrogen) atoms. The van der Waals surface area contributed by atoms with Crippen molar-refractivity contribution < 1.29 is 9.53 Å². The maximum Gasteiger partial charge on any atom is 0.234 e. The van der Waals surface area contributed by atoms with Crippen molar-refractivity contribution in [2.45, 2.75) is 25.6 Å². The number of benzene rings is 2. The van der Waals surface area contributed by atoms with Gasteiger partial charge in [0, 0.05) is 10.7 Å². The third kappa shape index (κ3) is 5.17. The number of thioether (sulfide) groups is 1. The Hall–Kier alpha value is -2.71. The summed E-state index contributed by atoms with van der Waals surface area (Å²) in [6.45, 7) is 4.20. The molecule has 0 bridgehead atoms. The maximum atomic E-state index is 12.1. The molecule has 3 aromatic rings. The highest BCUT2D eigenvalue weighted by Gasteiger charge is 2.13. The van der Waals surface area contributed by atoms with Gasteiger partial charge in [-0.15, -0.1) is 10.2 Å². The fourth-order valence-corrected chi connectivity index (χ4v) is 3.27. The fraction of sp³-hybridized carbons (Fsp3) is 0.211. The number of hydrogen-bond acceptors (Lipinski definition) is 6. The predicted octanol–water partition coefficient (Wildman–Crippen LogP) is 3.57. The largest absolute Gasteiger partial charge is 0.485 e. The minimum Gasteiger partial charge on any atom is -0.485 e. The third-order valence-electron chi connectivity index (χ3n) is 3.88. The van der Waals surface area contributed by atoms with Crippen molar-refractivity contribution in [3.63, 3.8) is 0 Å². The Bertz CT molecular complexity index is 975. The summed E-state index contributed by atoms with van der Waals surface area (Å²) in [5.74, 6) is 7.24. The molecule has 0 radical (unpaired) electrons. The van der Waals surface area contributed by atoms with E-state index in [1.807, 2.05) is 32.0 Å². The lowest BCUT2D eigenvalue weighted by Crippen LogP contribution is -2.18.